The van der Waals surface area contributed by atoms with Crippen molar-refractivity contribution in [1.82, 2.24) is 4.98 Å². The van der Waals surface area contributed by atoms with Crippen molar-refractivity contribution in [2.45, 2.75) is 39.5 Å². The number of rotatable bonds is 2. The smallest absolute Gasteiger partial charge is 0.227 e. The lowest BCUT2D eigenvalue weighted by molar-refractivity contribution is -0.117. The Kier molecular flexibility index (Phi) is 2.85. The fourth-order valence-electron chi connectivity index (χ4n) is 2.25. The molecule has 4 heteroatoms. The number of carbonyl (C=O) groups is 1. The zero-order valence-electron chi connectivity index (χ0n) is 12.4. The largest absolute Gasteiger partial charge is 0.440 e. The minimum absolute atomic E-state index is 0.108. The fourth-order valence-corrected chi connectivity index (χ4v) is 2.25. The molecule has 0 spiro atoms. The molecule has 0 aliphatic heterocycles. The van der Waals surface area contributed by atoms with Crippen molar-refractivity contribution in [3.63, 3.8) is 0 Å². The van der Waals surface area contributed by atoms with Gasteiger partial charge in [-0.25, -0.2) is 4.98 Å². The van der Waals surface area contributed by atoms with E-state index in [-0.39, 0.29) is 17.2 Å². The van der Waals surface area contributed by atoms with Gasteiger partial charge in [-0.05, 0) is 30.5 Å². The zero-order valence-corrected chi connectivity index (χ0v) is 12.4. The molecule has 1 aliphatic carbocycles. The molecular weight excluding hydrogens is 252 g/mol. The predicted molar refractivity (Wildman–Crippen MR) is 78.6 cm³/mol. The van der Waals surface area contributed by atoms with Gasteiger partial charge in [-0.1, -0.05) is 27.7 Å². The number of nitrogens with zero attached hydrogens (tertiary/aromatic N) is 1. The number of aromatic nitrogens is 1. The molecule has 4 nitrogen and oxygen atoms in total. The standard InChI is InChI=1S/C16H20N2O2/c1-9-7-11(9)14(19)17-10-5-6-13-12(8-10)18-15(20-13)16(2,3)4/h5-6,8-9,11H,7H2,1-4H3,(H,17,19)/t9-,11+/m0/s1. The van der Waals surface area contributed by atoms with Gasteiger partial charge in [0, 0.05) is 17.0 Å². The van der Waals surface area contributed by atoms with Crippen LogP contribution in [0.25, 0.3) is 11.1 Å². The molecule has 3 rings (SSSR count). The van der Waals surface area contributed by atoms with Gasteiger partial charge in [-0.15, -0.1) is 0 Å². The van der Waals surface area contributed by atoms with Crippen LogP contribution in [0.15, 0.2) is 22.6 Å². The van der Waals surface area contributed by atoms with E-state index in [1.165, 1.54) is 0 Å². The summed E-state index contributed by atoms with van der Waals surface area (Å²) in [6.07, 6.45) is 0.992. The van der Waals surface area contributed by atoms with Crippen molar-refractivity contribution in [3.8, 4) is 0 Å². The first kappa shape index (κ1) is 13.2. The first-order chi connectivity index (χ1) is 9.34. The molecule has 1 amide bonds. The van der Waals surface area contributed by atoms with E-state index < -0.39 is 0 Å². The summed E-state index contributed by atoms with van der Waals surface area (Å²) < 4.78 is 5.75. The maximum atomic E-state index is 11.9. The van der Waals surface area contributed by atoms with Crippen LogP contribution in [-0.4, -0.2) is 10.9 Å². The number of carbonyl (C=O) groups excluding carboxylic acids is 1. The second kappa shape index (κ2) is 4.33. The van der Waals surface area contributed by atoms with E-state index in [1.54, 1.807) is 0 Å². The molecule has 2 atom stereocenters. The first-order valence-electron chi connectivity index (χ1n) is 7.06. The van der Waals surface area contributed by atoms with Crippen LogP contribution in [0.1, 0.15) is 40.0 Å². The minimum atomic E-state index is -0.119. The predicted octanol–water partition coefficient (Wildman–Crippen LogP) is 3.72. The van der Waals surface area contributed by atoms with Crippen molar-refractivity contribution in [1.29, 1.82) is 0 Å². The fraction of sp³-hybridized carbons (Fsp3) is 0.500. The van der Waals surface area contributed by atoms with Crippen LogP contribution in [0.3, 0.4) is 0 Å². The minimum Gasteiger partial charge on any atom is -0.440 e. The monoisotopic (exact) mass is 272 g/mol. The number of nitrogens with one attached hydrogen (secondary N) is 1. The van der Waals surface area contributed by atoms with E-state index in [9.17, 15) is 4.79 Å². The second-order valence-corrected chi connectivity index (χ2v) is 6.76. The molecule has 1 heterocycles. The number of fused-ring (bicyclic) bond motifs is 1. The number of benzene rings is 1. The quantitative estimate of drug-likeness (QED) is 0.906. The van der Waals surface area contributed by atoms with Crippen LogP contribution in [0, 0.1) is 11.8 Å². The molecule has 0 bridgehead atoms. The van der Waals surface area contributed by atoms with Gasteiger partial charge in [0.25, 0.3) is 0 Å². The lowest BCUT2D eigenvalue weighted by atomic mass is 9.97. The zero-order chi connectivity index (χ0) is 14.5. The van der Waals surface area contributed by atoms with E-state index >= 15 is 0 Å². The van der Waals surface area contributed by atoms with E-state index in [1.807, 2.05) is 18.2 Å². The first-order valence-corrected chi connectivity index (χ1v) is 7.06. The van der Waals surface area contributed by atoms with Crippen LogP contribution < -0.4 is 5.32 Å². The Hall–Kier alpha value is -1.84. The van der Waals surface area contributed by atoms with Crippen LogP contribution in [-0.2, 0) is 10.2 Å². The third kappa shape index (κ3) is 2.42. The summed E-state index contributed by atoms with van der Waals surface area (Å²) in [7, 11) is 0. The van der Waals surface area contributed by atoms with Crippen LogP contribution in [0.2, 0.25) is 0 Å². The molecular formula is C16H20N2O2. The van der Waals surface area contributed by atoms with Gasteiger partial charge < -0.3 is 9.73 Å². The number of hydrogen-bond donors (Lipinski definition) is 1. The van der Waals surface area contributed by atoms with E-state index in [2.05, 4.69) is 38.0 Å². The van der Waals surface area contributed by atoms with Gasteiger partial charge in [0.2, 0.25) is 11.8 Å². The number of oxazole rings is 1. The summed E-state index contributed by atoms with van der Waals surface area (Å²) in [6.45, 7) is 8.29. The second-order valence-electron chi connectivity index (χ2n) is 6.76. The van der Waals surface area contributed by atoms with E-state index in [0.717, 1.165) is 23.2 Å². The molecule has 0 unspecified atom stereocenters. The molecule has 1 aromatic carbocycles. The SMILES string of the molecule is C[C@H]1C[C@H]1C(=O)Nc1ccc2oc(C(C)(C)C)nc2c1. The number of amides is 1. The van der Waals surface area contributed by atoms with Crippen molar-refractivity contribution in [2.75, 3.05) is 5.32 Å². The number of hydrogen-bond acceptors (Lipinski definition) is 3. The molecule has 0 radical (unpaired) electrons. The van der Waals surface area contributed by atoms with Gasteiger partial charge in [0.05, 0.1) is 0 Å². The van der Waals surface area contributed by atoms with E-state index in [0.29, 0.717) is 11.8 Å². The Morgan fingerprint density at radius 3 is 2.70 bits per heavy atom. The maximum Gasteiger partial charge on any atom is 0.227 e. The Morgan fingerprint density at radius 1 is 1.40 bits per heavy atom. The Balaban J connectivity index is 1.85. The Bertz CT molecular complexity index is 667. The molecule has 20 heavy (non-hydrogen) atoms. The third-order valence-electron chi connectivity index (χ3n) is 3.74. The van der Waals surface area contributed by atoms with Gasteiger partial charge in [-0.2, -0.15) is 0 Å². The molecule has 0 saturated heterocycles. The van der Waals surface area contributed by atoms with Crippen LogP contribution in [0.5, 0.6) is 0 Å². The molecule has 1 N–H and O–H groups in total. The molecule has 2 aromatic rings. The highest BCUT2D eigenvalue weighted by molar-refractivity contribution is 5.95. The van der Waals surface area contributed by atoms with Crippen molar-refractivity contribution >= 4 is 22.7 Å². The van der Waals surface area contributed by atoms with Crippen molar-refractivity contribution in [3.05, 3.63) is 24.1 Å². The van der Waals surface area contributed by atoms with Gasteiger partial charge in [-0.3, -0.25) is 4.79 Å². The average Bonchev–Trinajstić information content (AvgIpc) is 2.92. The maximum absolute atomic E-state index is 11.9. The van der Waals surface area contributed by atoms with E-state index in [4.69, 9.17) is 4.42 Å². The van der Waals surface area contributed by atoms with Gasteiger partial charge >= 0.3 is 0 Å². The normalized spacial score (nSPS) is 22.0. The molecule has 1 aliphatic rings. The van der Waals surface area contributed by atoms with Crippen molar-refractivity contribution in [2.24, 2.45) is 11.8 Å². The summed E-state index contributed by atoms with van der Waals surface area (Å²) in [6, 6.07) is 5.60. The topological polar surface area (TPSA) is 55.1 Å². The van der Waals surface area contributed by atoms with Crippen LogP contribution in [0.4, 0.5) is 5.69 Å². The Labute approximate surface area is 118 Å². The summed E-state index contributed by atoms with van der Waals surface area (Å²) in [4.78, 5) is 16.4. The van der Waals surface area contributed by atoms with Gasteiger partial charge in [0.15, 0.2) is 5.58 Å². The lowest BCUT2D eigenvalue weighted by Gasteiger charge is -2.11. The number of anilines is 1. The average molecular weight is 272 g/mol. The summed E-state index contributed by atoms with van der Waals surface area (Å²) >= 11 is 0. The highest BCUT2D eigenvalue weighted by atomic mass is 16.3. The molecule has 1 saturated carbocycles. The third-order valence-corrected chi connectivity index (χ3v) is 3.74. The molecule has 1 fully saturated rings. The van der Waals surface area contributed by atoms with Gasteiger partial charge in [0.1, 0.15) is 5.52 Å². The summed E-state index contributed by atoms with van der Waals surface area (Å²) in [5.74, 6) is 1.51. The summed E-state index contributed by atoms with van der Waals surface area (Å²) in [5, 5.41) is 2.95. The highest BCUT2D eigenvalue weighted by Crippen LogP contribution is 2.38. The lowest BCUT2D eigenvalue weighted by Crippen LogP contribution is -2.14. The van der Waals surface area contributed by atoms with Crippen molar-refractivity contribution < 1.29 is 9.21 Å². The highest BCUT2D eigenvalue weighted by Gasteiger charge is 2.39. The van der Waals surface area contributed by atoms with Crippen LogP contribution >= 0.6 is 0 Å². The Morgan fingerprint density at radius 2 is 2.10 bits per heavy atom. The molecule has 106 valence electrons. The summed E-state index contributed by atoms with van der Waals surface area (Å²) in [5.41, 5.74) is 2.21. The molecule has 1 aromatic heterocycles.